The lowest BCUT2D eigenvalue weighted by Crippen LogP contribution is -2.33. The first kappa shape index (κ1) is 15.5. The van der Waals surface area contributed by atoms with Crippen LogP contribution < -0.4 is 5.73 Å². The third kappa shape index (κ3) is 3.21. The Hall–Kier alpha value is -0.930. The van der Waals surface area contributed by atoms with Crippen LogP contribution in [0.25, 0.3) is 0 Å². The minimum Gasteiger partial charge on any atom is -0.329 e. The van der Waals surface area contributed by atoms with Crippen molar-refractivity contribution in [1.82, 2.24) is 4.90 Å². The molecule has 0 amide bonds. The highest BCUT2D eigenvalue weighted by Gasteiger charge is 2.34. The molecule has 0 aromatic heterocycles. The van der Waals surface area contributed by atoms with Gasteiger partial charge in [0.25, 0.3) is 0 Å². The molecule has 1 aromatic carbocycles. The van der Waals surface area contributed by atoms with Gasteiger partial charge in [0, 0.05) is 19.1 Å². The van der Waals surface area contributed by atoms with E-state index in [1.165, 1.54) is 6.42 Å². The van der Waals surface area contributed by atoms with Gasteiger partial charge >= 0.3 is 0 Å². The summed E-state index contributed by atoms with van der Waals surface area (Å²) in [4.78, 5) is 2.42. The van der Waals surface area contributed by atoms with Gasteiger partial charge in [-0.1, -0.05) is 32.9 Å². The van der Waals surface area contributed by atoms with Gasteiger partial charge in [-0.05, 0) is 48.4 Å². The second-order valence-corrected chi connectivity index (χ2v) is 7.11. The minimum atomic E-state index is -0.132. The zero-order valence-corrected chi connectivity index (χ0v) is 13.1. The first-order chi connectivity index (χ1) is 9.32. The third-order valence-electron chi connectivity index (χ3n) is 4.69. The number of likely N-dealkylation sites (tertiary alicyclic amines) is 1. The predicted molar refractivity (Wildman–Crippen MR) is 82.1 cm³/mol. The number of hydrogen-bond donors (Lipinski definition) is 1. The Bertz CT molecular complexity index is 465. The van der Waals surface area contributed by atoms with E-state index in [2.05, 4.69) is 25.7 Å². The maximum atomic E-state index is 13.8. The maximum Gasteiger partial charge on any atom is 0.126 e. The highest BCUT2D eigenvalue weighted by Crippen LogP contribution is 2.37. The molecular weight excluding hydrogens is 251 g/mol. The summed E-state index contributed by atoms with van der Waals surface area (Å²) in [5, 5.41) is 0. The van der Waals surface area contributed by atoms with Crippen LogP contribution in [0.15, 0.2) is 18.2 Å². The van der Waals surface area contributed by atoms with Crippen molar-refractivity contribution in [2.75, 3.05) is 19.6 Å². The average molecular weight is 278 g/mol. The second kappa shape index (κ2) is 5.82. The van der Waals surface area contributed by atoms with Crippen LogP contribution in [-0.4, -0.2) is 24.5 Å². The number of halogens is 1. The number of rotatable bonds is 3. The molecule has 0 bridgehead atoms. The quantitative estimate of drug-likeness (QED) is 0.917. The van der Waals surface area contributed by atoms with Gasteiger partial charge in [-0.25, -0.2) is 4.39 Å². The highest BCUT2D eigenvalue weighted by atomic mass is 19.1. The Morgan fingerprint density at radius 2 is 2.10 bits per heavy atom. The fourth-order valence-electron chi connectivity index (χ4n) is 3.09. The Kier molecular flexibility index (Phi) is 4.50. The van der Waals surface area contributed by atoms with Crippen molar-refractivity contribution in [3.63, 3.8) is 0 Å². The van der Waals surface area contributed by atoms with Crippen molar-refractivity contribution in [3.8, 4) is 0 Å². The number of nitrogens with two attached hydrogens (primary N) is 1. The van der Waals surface area contributed by atoms with E-state index < -0.39 is 0 Å². The molecule has 0 saturated carbocycles. The third-order valence-corrected chi connectivity index (χ3v) is 4.69. The van der Waals surface area contributed by atoms with Crippen LogP contribution in [0.3, 0.4) is 0 Å². The van der Waals surface area contributed by atoms with Gasteiger partial charge in [0.15, 0.2) is 0 Å². The van der Waals surface area contributed by atoms with E-state index in [4.69, 9.17) is 5.73 Å². The Labute approximate surface area is 122 Å². The molecule has 2 rings (SSSR count). The van der Waals surface area contributed by atoms with Crippen molar-refractivity contribution < 1.29 is 4.39 Å². The Morgan fingerprint density at radius 1 is 1.40 bits per heavy atom. The van der Waals surface area contributed by atoms with Crippen LogP contribution in [0, 0.1) is 24.1 Å². The summed E-state index contributed by atoms with van der Waals surface area (Å²) in [6.07, 6.45) is 1.20. The Balaban J connectivity index is 2.15. The molecule has 0 radical (unpaired) electrons. The summed E-state index contributed by atoms with van der Waals surface area (Å²) >= 11 is 0. The molecule has 2 atom stereocenters. The fraction of sp³-hybridized carbons (Fsp3) is 0.647. The van der Waals surface area contributed by atoms with Crippen LogP contribution >= 0.6 is 0 Å². The molecule has 1 saturated heterocycles. The summed E-state index contributed by atoms with van der Waals surface area (Å²) in [5.74, 6) is 0.555. The number of benzene rings is 1. The Morgan fingerprint density at radius 3 is 2.60 bits per heavy atom. The number of aryl methyl sites for hydroxylation is 1. The summed E-state index contributed by atoms with van der Waals surface area (Å²) in [5.41, 5.74) is 7.99. The van der Waals surface area contributed by atoms with Crippen molar-refractivity contribution in [1.29, 1.82) is 0 Å². The molecule has 0 spiro atoms. The SMILES string of the molecule is Cc1ccc(C(CN)N2CCC(C(C)(C)C)C2)cc1F. The summed E-state index contributed by atoms with van der Waals surface area (Å²) in [6.45, 7) is 11.3. The van der Waals surface area contributed by atoms with Crippen molar-refractivity contribution in [2.24, 2.45) is 17.1 Å². The minimum absolute atomic E-state index is 0.132. The lowest BCUT2D eigenvalue weighted by atomic mass is 9.80. The van der Waals surface area contributed by atoms with E-state index in [-0.39, 0.29) is 11.9 Å². The van der Waals surface area contributed by atoms with Gasteiger partial charge in [0.05, 0.1) is 0 Å². The van der Waals surface area contributed by atoms with E-state index in [9.17, 15) is 4.39 Å². The van der Waals surface area contributed by atoms with E-state index in [0.717, 1.165) is 18.7 Å². The molecule has 1 aliphatic heterocycles. The molecule has 0 aliphatic carbocycles. The van der Waals surface area contributed by atoms with E-state index in [0.29, 0.717) is 23.4 Å². The molecular formula is C17H27FN2. The monoisotopic (exact) mass is 278 g/mol. The lowest BCUT2D eigenvalue weighted by molar-refractivity contribution is 0.197. The van der Waals surface area contributed by atoms with Crippen LogP contribution in [0.5, 0.6) is 0 Å². The lowest BCUT2D eigenvalue weighted by Gasteiger charge is -2.30. The standard InChI is InChI=1S/C17H27FN2/c1-12-5-6-13(9-15(12)18)16(10-19)20-8-7-14(11-20)17(2,3)4/h5-6,9,14,16H,7-8,10-11,19H2,1-4H3. The average Bonchev–Trinajstić information content (AvgIpc) is 2.84. The number of hydrogen-bond acceptors (Lipinski definition) is 2. The number of nitrogens with zero attached hydrogens (tertiary/aromatic N) is 1. The molecule has 2 unspecified atom stereocenters. The normalized spacial score (nSPS) is 22.2. The summed E-state index contributed by atoms with van der Waals surface area (Å²) < 4.78 is 13.8. The van der Waals surface area contributed by atoms with Crippen molar-refractivity contribution in [3.05, 3.63) is 35.1 Å². The van der Waals surface area contributed by atoms with Crippen LogP contribution in [0.2, 0.25) is 0 Å². The van der Waals surface area contributed by atoms with E-state index in [1.54, 1.807) is 13.0 Å². The highest BCUT2D eigenvalue weighted by molar-refractivity contribution is 5.26. The molecule has 2 nitrogen and oxygen atoms in total. The first-order valence-electron chi connectivity index (χ1n) is 7.53. The molecule has 1 heterocycles. The van der Waals surface area contributed by atoms with Gasteiger partial charge in [0.1, 0.15) is 5.82 Å². The van der Waals surface area contributed by atoms with Gasteiger partial charge in [-0.2, -0.15) is 0 Å². The van der Waals surface area contributed by atoms with E-state index >= 15 is 0 Å². The first-order valence-corrected chi connectivity index (χ1v) is 7.53. The van der Waals surface area contributed by atoms with Gasteiger partial charge < -0.3 is 5.73 Å². The van der Waals surface area contributed by atoms with Crippen LogP contribution in [-0.2, 0) is 0 Å². The smallest absolute Gasteiger partial charge is 0.126 e. The molecule has 3 heteroatoms. The summed E-state index contributed by atoms with van der Waals surface area (Å²) in [7, 11) is 0. The second-order valence-electron chi connectivity index (χ2n) is 7.11. The van der Waals surface area contributed by atoms with Gasteiger partial charge in [-0.15, -0.1) is 0 Å². The van der Waals surface area contributed by atoms with Crippen molar-refractivity contribution in [2.45, 2.75) is 40.2 Å². The topological polar surface area (TPSA) is 29.3 Å². The zero-order chi connectivity index (χ0) is 14.9. The largest absolute Gasteiger partial charge is 0.329 e. The molecule has 2 N–H and O–H groups in total. The van der Waals surface area contributed by atoms with Crippen LogP contribution in [0.1, 0.15) is 44.4 Å². The van der Waals surface area contributed by atoms with Gasteiger partial charge in [0.2, 0.25) is 0 Å². The van der Waals surface area contributed by atoms with Crippen molar-refractivity contribution >= 4 is 0 Å². The van der Waals surface area contributed by atoms with Gasteiger partial charge in [-0.3, -0.25) is 4.90 Å². The molecule has 112 valence electrons. The predicted octanol–water partition coefficient (Wildman–Crippen LogP) is 3.50. The molecule has 1 fully saturated rings. The zero-order valence-electron chi connectivity index (χ0n) is 13.1. The van der Waals surface area contributed by atoms with E-state index in [1.807, 2.05) is 12.1 Å². The fourth-order valence-corrected chi connectivity index (χ4v) is 3.09. The van der Waals surface area contributed by atoms with Crippen LogP contribution in [0.4, 0.5) is 4.39 Å². The molecule has 1 aliphatic rings. The summed E-state index contributed by atoms with van der Waals surface area (Å²) in [6, 6.07) is 5.65. The maximum absolute atomic E-state index is 13.8. The molecule has 20 heavy (non-hydrogen) atoms. The molecule has 1 aromatic rings.